The molecule has 0 bridgehead atoms. The first kappa shape index (κ1) is 9.24. The van der Waals surface area contributed by atoms with Crippen LogP contribution in [0.4, 0.5) is 0 Å². The quantitative estimate of drug-likeness (QED) is 0.761. The Labute approximate surface area is 82.1 Å². The van der Waals surface area contributed by atoms with Crippen LogP contribution in [-0.4, -0.2) is 11.2 Å². The lowest BCUT2D eigenvalue weighted by atomic mass is 10.0. The number of benzene rings is 1. The first-order valence-corrected chi connectivity index (χ1v) is 4.60. The van der Waals surface area contributed by atoms with E-state index >= 15 is 0 Å². The Morgan fingerprint density at radius 2 is 2.07 bits per heavy atom. The largest absolute Gasteiger partial charge is 0.464 e. The van der Waals surface area contributed by atoms with Gasteiger partial charge in [-0.2, -0.15) is 0 Å². The van der Waals surface area contributed by atoms with Gasteiger partial charge >= 0.3 is 0 Å². The molecule has 0 radical (unpaired) electrons. The molecule has 3 heteroatoms. The molecule has 0 fully saturated rings. The Hall–Kier alpha value is -1.32. The normalized spacial score (nSPS) is 15.6. The topological polar surface area (TPSA) is 59.4 Å². The van der Waals surface area contributed by atoms with Crippen molar-refractivity contribution in [1.29, 1.82) is 0 Å². The molecule has 0 unspecified atom stereocenters. The Balaban J connectivity index is 2.53. The van der Waals surface area contributed by atoms with Crippen LogP contribution in [0.1, 0.15) is 18.5 Å². The van der Waals surface area contributed by atoms with Gasteiger partial charge < -0.3 is 15.3 Å². The van der Waals surface area contributed by atoms with Crippen molar-refractivity contribution in [2.24, 2.45) is 5.73 Å². The summed E-state index contributed by atoms with van der Waals surface area (Å²) in [5.74, 6) is 0. The summed E-state index contributed by atoms with van der Waals surface area (Å²) in [4.78, 5) is 0. The lowest BCUT2D eigenvalue weighted by Crippen LogP contribution is -2.22. The minimum Gasteiger partial charge on any atom is -0.464 e. The van der Waals surface area contributed by atoms with E-state index in [9.17, 15) is 5.11 Å². The number of aliphatic hydroxyl groups excluding tert-OH is 1. The summed E-state index contributed by atoms with van der Waals surface area (Å²) in [6.07, 6.45) is 1.04. The number of fused-ring (bicyclic) bond motifs is 1. The van der Waals surface area contributed by atoms with Crippen molar-refractivity contribution in [2.45, 2.75) is 19.1 Å². The molecule has 3 nitrogen and oxygen atoms in total. The number of hydrogen-bond donors (Lipinski definition) is 2. The van der Waals surface area contributed by atoms with Crippen LogP contribution in [0.15, 0.2) is 34.9 Å². The smallest absolute Gasteiger partial charge is 0.134 e. The molecular weight excluding hydrogens is 178 g/mol. The Morgan fingerprint density at radius 1 is 1.36 bits per heavy atom. The SMILES string of the molecule is C[C@H](O)[C@@H](N)c1coc2ccccc12. The molecule has 0 aliphatic rings. The standard InChI is InChI=1S/C11H13NO2/c1-7(13)11(12)9-6-14-10-5-3-2-4-8(9)10/h2-7,11,13H,12H2,1H3/t7-,11+/m0/s1. The lowest BCUT2D eigenvalue weighted by Gasteiger charge is -2.12. The Morgan fingerprint density at radius 3 is 2.79 bits per heavy atom. The monoisotopic (exact) mass is 191 g/mol. The predicted molar refractivity (Wildman–Crippen MR) is 54.8 cm³/mol. The summed E-state index contributed by atoms with van der Waals surface area (Å²) in [6.45, 7) is 1.67. The van der Waals surface area contributed by atoms with E-state index in [1.165, 1.54) is 0 Å². The van der Waals surface area contributed by atoms with Crippen molar-refractivity contribution < 1.29 is 9.52 Å². The highest BCUT2D eigenvalue weighted by molar-refractivity contribution is 5.81. The van der Waals surface area contributed by atoms with Crippen molar-refractivity contribution in [1.82, 2.24) is 0 Å². The van der Waals surface area contributed by atoms with Crippen LogP contribution in [0.3, 0.4) is 0 Å². The second-order valence-electron chi connectivity index (χ2n) is 3.45. The van der Waals surface area contributed by atoms with Crippen LogP contribution in [0.25, 0.3) is 11.0 Å². The fraction of sp³-hybridized carbons (Fsp3) is 0.273. The Kier molecular flexibility index (Phi) is 2.27. The van der Waals surface area contributed by atoms with Gasteiger partial charge in [0.1, 0.15) is 5.58 Å². The Bertz CT molecular complexity index is 434. The van der Waals surface area contributed by atoms with E-state index in [-0.39, 0.29) is 0 Å². The first-order valence-electron chi connectivity index (χ1n) is 4.60. The zero-order valence-corrected chi connectivity index (χ0v) is 7.97. The second-order valence-corrected chi connectivity index (χ2v) is 3.45. The lowest BCUT2D eigenvalue weighted by molar-refractivity contribution is 0.164. The van der Waals surface area contributed by atoms with Gasteiger partial charge in [0.25, 0.3) is 0 Å². The van der Waals surface area contributed by atoms with Crippen molar-refractivity contribution in [3.05, 3.63) is 36.1 Å². The van der Waals surface area contributed by atoms with Gasteiger partial charge in [-0.15, -0.1) is 0 Å². The molecule has 2 aromatic rings. The second kappa shape index (κ2) is 3.44. The van der Waals surface area contributed by atoms with Crippen LogP contribution in [0.5, 0.6) is 0 Å². The van der Waals surface area contributed by atoms with Gasteiger partial charge in [-0.1, -0.05) is 18.2 Å². The molecule has 2 atom stereocenters. The number of para-hydroxylation sites is 1. The predicted octanol–water partition coefficient (Wildman–Crippen LogP) is 1.81. The fourth-order valence-corrected chi connectivity index (χ4v) is 1.52. The number of rotatable bonds is 2. The highest BCUT2D eigenvalue weighted by Crippen LogP contribution is 2.26. The summed E-state index contributed by atoms with van der Waals surface area (Å²) < 4.78 is 5.33. The number of nitrogens with two attached hydrogens (primary N) is 1. The van der Waals surface area contributed by atoms with Crippen LogP contribution in [0, 0.1) is 0 Å². The summed E-state index contributed by atoms with van der Waals surface area (Å²) in [6, 6.07) is 7.27. The van der Waals surface area contributed by atoms with Crippen LogP contribution < -0.4 is 5.73 Å². The molecule has 0 spiro atoms. The maximum Gasteiger partial charge on any atom is 0.134 e. The molecule has 0 aliphatic heterocycles. The van der Waals surface area contributed by atoms with Gasteiger partial charge in [0.15, 0.2) is 0 Å². The van der Waals surface area contributed by atoms with Crippen LogP contribution in [0.2, 0.25) is 0 Å². The third-order valence-corrected chi connectivity index (χ3v) is 2.39. The molecule has 14 heavy (non-hydrogen) atoms. The van der Waals surface area contributed by atoms with E-state index in [0.717, 1.165) is 16.5 Å². The molecule has 0 saturated carbocycles. The highest BCUT2D eigenvalue weighted by atomic mass is 16.3. The van der Waals surface area contributed by atoms with Gasteiger partial charge in [0.2, 0.25) is 0 Å². The summed E-state index contributed by atoms with van der Waals surface area (Å²) in [7, 11) is 0. The molecule has 0 amide bonds. The summed E-state index contributed by atoms with van der Waals surface area (Å²) >= 11 is 0. The molecular formula is C11H13NO2. The van der Waals surface area contributed by atoms with E-state index in [0.29, 0.717) is 0 Å². The van der Waals surface area contributed by atoms with Crippen LogP contribution in [-0.2, 0) is 0 Å². The van der Waals surface area contributed by atoms with Gasteiger partial charge in [-0.25, -0.2) is 0 Å². The molecule has 3 N–H and O–H groups in total. The van der Waals surface area contributed by atoms with Crippen molar-refractivity contribution in [2.75, 3.05) is 0 Å². The molecule has 1 aromatic heterocycles. The van der Waals surface area contributed by atoms with E-state index in [1.807, 2.05) is 24.3 Å². The molecule has 2 rings (SSSR count). The first-order chi connectivity index (χ1) is 6.70. The van der Waals surface area contributed by atoms with Gasteiger partial charge in [0.05, 0.1) is 18.4 Å². The maximum atomic E-state index is 9.39. The third kappa shape index (κ3) is 1.41. The summed E-state index contributed by atoms with van der Waals surface area (Å²) in [5, 5.41) is 10.4. The van der Waals surface area contributed by atoms with Gasteiger partial charge in [0, 0.05) is 10.9 Å². The zero-order chi connectivity index (χ0) is 10.1. The zero-order valence-electron chi connectivity index (χ0n) is 7.97. The third-order valence-electron chi connectivity index (χ3n) is 2.39. The van der Waals surface area contributed by atoms with Crippen molar-refractivity contribution in [3.8, 4) is 0 Å². The van der Waals surface area contributed by atoms with Gasteiger partial charge in [-0.05, 0) is 13.0 Å². The van der Waals surface area contributed by atoms with E-state index in [4.69, 9.17) is 10.2 Å². The molecule has 0 aliphatic carbocycles. The van der Waals surface area contributed by atoms with Crippen molar-refractivity contribution >= 4 is 11.0 Å². The number of furan rings is 1. The van der Waals surface area contributed by atoms with E-state index < -0.39 is 12.1 Å². The minimum absolute atomic E-state index is 0.390. The highest BCUT2D eigenvalue weighted by Gasteiger charge is 2.16. The molecule has 0 saturated heterocycles. The van der Waals surface area contributed by atoms with Crippen LogP contribution >= 0.6 is 0 Å². The fourth-order valence-electron chi connectivity index (χ4n) is 1.52. The summed E-state index contributed by atoms with van der Waals surface area (Å²) in [5.41, 5.74) is 7.50. The van der Waals surface area contributed by atoms with Gasteiger partial charge in [-0.3, -0.25) is 0 Å². The molecule has 74 valence electrons. The minimum atomic E-state index is -0.573. The number of hydrogen-bond acceptors (Lipinski definition) is 3. The van der Waals surface area contributed by atoms with Crippen molar-refractivity contribution in [3.63, 3.8) is 0 Å². The maximum absolute atomic E-state index is 9.39. The molecule has 1 aromatic carbocycles. The van der Waals surface area contributed by atoms with E-state index in [2.05, 4.69) is 0 Å². The average molecular weight is 191 g/mol. The molecule has 1 heterocycles. The number of aliphatic hydroxyl groups is 1. The van der Waals surface area contributed by atoms with E-state index in [1.54, 1.807) is 13.2 Å². The average Bonchev–Trinajstić information content (AvgIpc) is 2.60.